The van der Waals surface area contributed by atoms with Gasteiger partial charge in [-0.2, -0.15) is 0 Å². The third-order valence-electron chi connectivity index (χ3n) is 5.62. The fourth-order valence-corrected chi connectivity index (χ4v) is 3.65. The van der Waals surface area contributed by atoms with Gasteiger partial charge in [-0.25, -0.2) is 0 Å². The van der Waals surface area contributed by atoms with Gasteiger partial charge in [-0.3, -0.25) is 0 Å². The summed E-state index contributed by atoms with van der Waals surface area (Å²) in [5, 5.41) is 0. The van der Waals surface area contributed by atoms with Crippen LogP contribution in [0.15, 0.2) is 24.3 Å². The second kappa shape index (κ2) is 24.2. The van der Waals surface area contributed by atoms with Crippen LogP contribution in [-0.4, -0.2) is 6.29 Å². The molecular formula is C27H50O. The molecule has 1 atom stereocenters. The molecule has 0 amide bonds. The van der Waals surface area contributed by atoms with E-state index >= 15 is 0 Å². The van der Waals surface area contributed by atoms with Gasteiger partial charge in [-0.1, -0.05) is 102 Å². The highest BCUT2D eigenvalue weighted by Crippen LogP contribution is 2.14. The molecule has 28 heavy (non-hydrogen) atoms. The standard InChI is InChI=1S/C27H50O/c1-3-5-7-9-11-13-15-17-19-21-23-25-27(26-28)24-22-20-18-16-14-12-10-8-6-4-2/h17-20,26-27H,3-16,21-25H2,1-2H3. The van der Waals surface area contributed by atoms with Gasteiger partial charge in [0.05, 0.1) is 0 Å². The van der Waals surface area contributed by atoms with E-state index in [0.717, 1.165) is 32.1 Å². The van der Waals surface area contributed by atoms with Gasteiger partial charge in [0.15, 0.2) is 0 Å². The molecule has 1 heteroatoms. The van der Waals surface area contributed by atoms with Crippen molar-refractivity contribution in [3.63, 3.8) is 0 Å². The lowest BCUT2D eigenvalue weighted by Gasteiger charge is -2.07. The van der Waals surface area contributed by atoms with E-state index in [0.29, 0.717) is 0 Å². The van der Waals surface area contributed by atoms with E-state index in [2.05, 4.69) is 38.2 Å². The zero-order valence-corrected chi connectivity index (χ0v) is 19.3. The van der Waals surface area contributed by atoms with Crippen LogP contribution in [0.4, 0.5) is 0 Å². The third kappa shape index (κ3) is 21.5. The van der Waals surface area contributed by atoms with Crippen LogP contribution in [0.1, 0.15) is 136 Å². The highest BCUT2D eigenvalue weighted by Gasteiger charge is 2.05. The predicted octanol–water partition coefficient (Wildman–Crippen LogP) is 9.37. The van der Waals surface area contributed by atoms with E-state index < -0.39 is 0 Å². The lowest BCUT2D eigenvalue weighted by Crippen LogP contribution is -2.01. The quantitative estimate of drug-likeness (QED) is 0.102. The van der Waals surface area contributed by atoms with Gasteiger partial charge in [-0.15, -0.1) is 0 Å². The van der Waals surface area contributed by atoms with Crippen LogP contribution >= 0.6 is 0 Å². The maximum Gasteiger partial charge on any atom is 0.123 e. The Labute approximate surface area is 177 Å². The summed E-state index contributed by atoms with van der Waals surface area (Å²) in [6, 6.07) is 0. The molecule has 0 aromatic heterocycles. The normalized spacial score (nSPS) is 12.9. The van der Waals surface area contributed by atoms with Crippen LogP contribution in [0, 0.1) is 5.92 Å². The first kappa shape index (κ1) is 27.1. The van der Waals surface area contributed by atoms with Crippen molar-refractivity contribution in [2.75, 3.05) is 0 Å². The zero-order valence-electron chi connectivity index (χ0n) is 19.3. The summed E-state index contributed by atoms with van der Waals surface area (Å²) in [4.78, 5) is 11.3. The van der Waals surface area contributed by atoms with Gasteiger partial charge in [-0.05, 0) is 57.8 Å². The number of carbonyl (C=O) groups is 1. The molecule has 0 aliphatic carbocycles. The van der Waals surface area contributed by atoms with Crippen LogP contribution in [-0.2, 0) is 4.79 Å². The summed E-state index contributed by atoms with van der Waals surface area (Å²) in [7, 11) is 0. The molecule has 0 bridgehead atoms. The molecule has 0 aliphatic heterocycles. The minimum absolute atomic E-state index is 0.255. The molecular weight excluding hydrogens is 340 g/mol. The van der Waals surface area contributed by atoms with Crippen molar-refractivity contribution in [2.24, 2.45) is 5.92 Å². The fourth-order valence-electron chi connectivity index (χ4n) is 3.65. The molecule has 0 heterocycles. The van der Waals surface area contributed by atoms with Gasteiger partial charge in [0.2, 0.25) is 0 Å². The van der Waals surface area contributed by atoms with Gasteiger partial charge in [0.1, 0.15) is 6.29 Å². The van der Waals surface area contributed by atoms with Crippen molar-refractivity contribution >= 4 is 6.29 Å². The minimum Gasteiger partial charge on any atom is -0.303 e. The van der Waals surface area contributed by atoms with E-state index in [1.807, 2.05) is 0 Å². The van der Waals surface area contributed by atoms with Crippen molar-refractivity contribution in [1.82, 2.24) is 0 Å². The number of hydrogen-bond acceptors (Lipinski definition) is 1. The van der Waals surface area contributed by atoms with Gasteiger partial charge in [0, 0.05) is 5.92 Å². The van der Waals surface area contributed by atoms with Crippen LogP contribution in [0.3, 0.4) is 0 Å². The smallest absolute Gasteiger partial charge is 0.123 e. The summed E-state index contributed by atoms with van der Waals surface area (Å²) in [5.74, 6) is 0.255. The molecule has 1 unspecified atom stereocenters. The lowest BCUT2D eigenvalue weighted by atomic mass is 9.97. The average Bonchev–Trinajstić information content (AvgIpc) is 2.71. The molecule has 0 saturated carbocycles. The molecule has 0 saturated heterocycles. The summed E-state index contributed by atoms with van der Waals surface area (Å²) in [5.41, 5.74) is 0. The summed E-state index contributed by atoms with van der Waals surface area (Å²) >= 11 is 0. The van der Waals surface area contributed by atoms with E-state index in [1.165, 1.54) is 96.2 Å². The Hall–Kier alpha value is -0.850. The first-order valence-corrected chi connectivity index (χ1v) is 12.6. The molecule has 164 valence electrons. The molecule has 0 aromatic carbocycles. The molecule has 0 N–H and O–H groups in total. The van der Waals surface area contributed by atoms with E-state index in [4.69, 9.17) is 0 Å². The number of hydrogen-bond donors (Lipinski definition) is 0. The SMILES string of the molecule is CCCCCCCCC=CCCCC(C=O)CCC=CCCCCCCCC. The van der Waals surface area contributed by atoms with Crippen molar-refractivity contribution in [2.45, 2.75) is 136 Å². The largest absolute Gasteiger partial charge is 0.303 e. The van der Waals surface area contributed by atoms with Gasteiger partial charge < -0.3 is 4.79 Å². The molecule has 0 aromatic rings. The molecule has 0 rings (SSSR count). The Bertz CT molecular complexity index is 355. The molecule has 1 nitrogen and oxygen atoms in total. The van der Waals surface area contributed by atoms with Crippen LogP contribution in [0.5, 0.6) is 0 Å². The van der Waals surface area contributed by atoms with Crippen molar-refractivity contribution < 1.29 is 4.79 Å². The number of carbonyl (C=O) groups excluding carboxylic acids is 1. The summed E-state index contributed by atoms with van der Waals surface area (Å²) < 4.78 is 0. The second-order valence-electron chi connectivity index (χ2n) is 8.46. The Morgan fingerprint density at radius 1 is 0.500 bits per heavy atom. The second-order valence-corrected chi connectivity index (χ2v) is 8.46. The third-order valence-corrected chi connectivity index (χ3v) is 5.62. The lowest BCUT2D eigenvalue weighted by molar-refractivity contribution is -0.111. The number of unbranched alkanes of at least 4 members (excludes halogenated alkanes) is 13. The Morgan fingerprint density at radius 3 is 1.43 bits per heavy atom. The van der Waals surface area contributed by atoms with Crippen LogP contribution in [0.2, 0.25) is 0 Å². The molecule has 0 aliphatic rings. The Kier molecular flexibility index (Phi) is 23.5. The van der Waals surface area contributed by atoms with Crippen molar-refractivity contribution in [1.29, 1.82) is 0 Å². The maximum absolute atomic E-state index is 11.3. The Morgan fingerprint density at radius 2 is 0.929 bits per heavy atom. The number of aldehydes is 1. The fraction of sp³-hybridized carbons (Fsp3) is 0.815. The predicted molar refractivity (Wildman–Crippen MR) is 127 cm³/mol. The zero-order chi connectivity index (χ0) is 20.5. The maximum atomic E-state index is 11.3. The highest BCUT2D eigenvalue weighted by molar-refractivity contribution is 5.53. The van der Waals surface area contributed by atoms with Gasteiger partial charge >= 0.3 is 0 Å². The monoisotopic (exact) mass is 390 g/mol. The van der Waals surface area contributed by atoms with E-state index in [1.54, 1.807) is 0 Å². The average molecular weight is 391 g/mol. The highest BCUT2D eigenvalue weighted by atomic mass is 16.1. The minimum atomic E-state index is 0.255. The van der Waals surface area contributed by atoms with Crippen molar-refractivity contribution in [3.8, 4) is 0 Å². The Balaban J connectivity index is 3.47. The molecule has 0 radical (unpaired) electrons. The van der Waals surface area contributed by atoms with Gasteiger partial charge in [0.25, 0.3) is 0 Å². The molecule has 0 spiro atoms. The first-order chi connectivity index (χ1) is 13.8. The first-order valence-electron chi connectivity index (χ1n) is 12.6. The van der Waals surface area contributed by atoms with Crippen LogP contribution < -0.4 is 0 Å². The number of allylic oxidation sites excluding steroid dienone is 4. The van der Waals surface area contributed by atoms with E-state index in [9.17, 15) is 4.79 Å². The van der Waals surface area contributed by atoms with E-state index in [-0.39, 0.29) is 5.92 Å². The number of rotatable bonds is 22. The molecule has 0 fully saturated rings. The topological polar surface area (TPSA) is 17.1 Å². The summed E-state index contributed by atoms with van der Waals surface area (Å²) in [6.45, 7) is 4.54. The van der Waals surface area contributed by atoms with Crippen molar-refractivity contribution in [3.05, 3.63) is 24.3 Å². The van der Waals surface area contributed by atoms with Crippen LogP contribution in [0.25, 0.3) is 0 Å². The summed E-state index contributed by atoms with van der Waals surface area (Å²) in [6.07, 6.45) is 34.8.